The van der Waals surface area contributed by atoms with Gasteiger partial charge in [0, 0.05) is 23.7 Å². The smallest absolute Gasteiger partial charge is 0.0205 e. The van der Waals surface area contributed by atoms with Gasteiger partial charge in [-0.1, -0.05) is 364 Å². The Balaban J connectivity index is 0.736. The van der Waals surface area contributed by atoms with E-state index in [9.17, 15) is 0 Å². The first-order valence-electron chi connectivity index (χ1n) is 35.3. The highest BCUT2D eigenvalue weighted by Crippen LogP contribution is 2.65. The number of hydrogen-bond donors (Lipinski definition) is 0. The molecule has 50 aliphatic carbocycles. The lowest BCUT2D eigenvalue weighted by Gasteiger charge is -2.50. The SMILES string of the molecule is c1cc2ccc1-c1ccc(cc1)-c1ccc(cc1)-c1ccc(cc1)-c1ccc3c(c1)C1c4ccc5cc4C3C3c4ccc(cc4C1c1ccc(cc13)-c1ccc(cc1)-c1ccc-2cc1)-c1ccc(cc1)-c1ccc(cc1)-c1ccc(cc1)-c1ccc(cc1)-c1ccc(cc1)-c1ccc-5cc1. The highest BCUT2D eigenvalue weighted by Gasteiger charge is 2.50. The van der Waals surface area contributed by atoms with Crippen molar-refractivity contribution in [1.82, 2.24) is 0 Å². The summed E-state index contributed by atoms with van der Waals surface area (Å²) in [5.41, 5.74) is 45.5. The van der Waals surface area contributed by atoms with Crippen molar-refractivity contribution in [2.24, 2.45) is 0 Å². The molecule has 4 atom stereocenters. The van der Waals surface area contributed by atoms with Crippen molar-refractivity contribution in [1.29, 1.82) is 0 Å². The molecule has 50 aliphatic rings. The second kappa shape index (κ2) is 22.5. The topological polar surface area (TPSA) is 0 Å². The lowest BCUT2D eigenvalue weighted by molar-refractivity contribution is 0.530. The van der Waals surface area contributed by atoms with E-state index in [4.69, 9.17) is 0 Å². The first-order chi connectivity index (χ1) is 49.5. The standard InChI is InChI=1S/C100H64/c1-9-65-10-2-61(1)62-3-11-66(12-4-62)70-19-27-74(28-20-70)78-35-43-82(44-36-78)86-50-54-91-94(58-86)100-92-56-52-88-60-96(92)99(91)97-90-55-51-87(59-95(90)98(100)89-53-49-85(57-93(89)97)81-41-33-77(34-42-81)73-25-17-69(65)18-26-73)83-45-37-79(38-46-83)75-29-21-71(22-30-75)67-13-5-63(6-14-67)64-7-15-68(16-8-64)72-23-31-76(32-24-72)80-39-47-84(88)48-40-80/h1-60,97-100H. The van der Waals surface area contributed by atoms with Gasteiger partial charge in [0.15, 0.2) is 0 Å². The number of benzene rings is 16. The summed E-state index contributed by atoms with van der Waals surface area (Å²) in [5.74, 6) is 0.102. The van der Waals surface area contributed by atoms with E-state index in [1.807, 2.05) is 0 Å². The molecule has 464 valence electrons. The van der Waals surface area contributed by atoms with Crippen LogP contribution in [0.25, 0.3) is 156 Å². The van der Waals surface area contributed by atoms with Crippen LogP contribution < -0.4 is 0 Å². The van der Waals surface area contributed by atoms with Gasteiger partial charge in [0.05, 0.1) is 0 Å². The van der Waals surface area contributed by atoms with E-state index in [2.05, 4.69) is 364 Å². The molecule has 0 heteroatoms. The fraction of sp³-hybridized carbons (Fsp3) is 0.0400. The molecule has 0 heterocycles. The quantitative estimate of drug-likeness (QED) is 0.142. The zero-order valence-electron chi connectivity index (χ0n) is 55.0. The highest BCUT2D eigenvalue weighted by molar-refractivity contribution is 5.84. The fourth-order valence-corrected chi connectivity index (χ4v) is 17.6. The van der Waals surface area contributed by atoms with Crippen LogP contribution in [0.3, 0.4) is 0 Å². The van der Waals surface area contributed by atoms with Crippen LogP contribution in [-0.4, -0.2) is 0 Å². The van der Waals surface area contributed by atoms with Gasteiger partial charge in [0.2, 0.25) is 0 Å². The largest absolute Gasteiger partial charge is 0.0575 e. The van der Waals surface area contributed by atoms with Crippen molar-refractivity contribution in [2.45, 2.75) is 23.7 Å². The average Bonchev–Trinajstić information content (AvgIpc) is 0.683. The second-order valence-electron chi connectivity index (χ2n) is 28.2. The third-order valence-corrected chi connectivity index (χ3v) is 23.0. The van der Waals surface area contributed by atoms with Crippen molar-refractivity contribution in [2.75, 3.05) is 0 Å². The Morgan fingerprint density at radius 3 is 0.260 bits per heavy atom. The fourth-order valence-electron chi connectivity index (χ4n) is 17.6. The molecule has 0 spiro atoms. The van der Waals surface area contributed by atoms with Gasteiger partial charge < -0.3 is 0 Å². The molecule has 0 radical (unpaired) electrons. The predicted molar refractivity (Wildman–Crippen MR) is 416 cm³/mol. The minimum absolute atomic E-state index is 0.0254. The van der Waals surface area contributed by atoms with Gasteiger partial charge >= 0.3 is 0 Å². The van der Waals surface area contributed by atoms with E-state index >= 15 is 0 Å². The third kappa shape index (κ3) is 9.36. The maximum absolute atomic E-state index is 2.59. The average molecular weight is 1270 g/mol. The molecule has 0 amide bonds. The van der Waals surface area contributed by atoms with Gasteiger partial charge in [-0.2, -0.15) is 0 Å². The van der Waals surface area contributed by atoms with Crippen LogP contribution in [0.5, 0.6) is 0 Å². The Labute approximate surface area is 584 Å². The minimum atomic E-state index is 0.0254. The summed E-state index contributed by atoms with van der Waals surface area (Å²) in [6.45, 7) is 0. The normalized spacial score (nSPS) is 15.6. The van der Waals surface area contributed by atoms with Crippen molar-refractivity contribution in [3.63, 3.8) is 0 Å². The first kappa shape index (κ1) is 56.7. The Kier molecular flexibility index (Phi) is 12.8. The summed E-state index contributed by atoms with van der Waals surface area (Å²) in [6.07, 6.45) is 0. The summed E-state index contributed by atoms with van der Waals surface area (Å²) >= 11 is 0. The van der Waals surface area contributed by atoms with E-state index in [0.717, 1.165) is 0 Å². The van der Waals surface area contributed by atoms with E-state index in [1.165, 1.54) is 200 Å². The van der Waals surface area contributed by atoms with E-state index in [1.54, 1.807) is 0 Å². The van der Waals surface area contributed by atoms with Crippen molar-refractivity contribution >= 4 is 0 Å². The van der Waals surface area contributed by atoms with Gasteiger partial charge in [0.25, 0.3) is 0 Å². The molecule has 0 fully saturated rings. The monoisotopic (exact) mass is 1260 g/mol. The summed E-state index contributed by atoms with van der Waals surface area (Å²) in [6, 6.07) is 140. The zero-order valence-corrected chi connectivity index (χ0v) is 55.0. The molecule has 0 saturated carbocycles. The second-order valence-corrected chi connectivity index (χ2v) is 28.2. The maximum Gasteiger partial charge on any atom is 0.0205 e. The first-order valence-corrected chi connectivity index (χ1v) is 35.3. The highest BCUT2D eigenvalue weighted by atomic mass is 14.5. The molecule has 0 nitrogen and oxygen atoms in total. The van der Waals surface area contributed by atoms with Gasteiger partial charge in [-0.05, 0) is 200 Å². The number of hydrogen-bond acceptors (Lipinski definition) is 0. The Morgan fingerprint density at radius 2 is 0.160 bits per heavy atom. The molecule has 16 aromatic rings. The van der Waals surface area contributed by atoms with Crippen LogP contribution in [0.4, 0.5) is 0 Å². The molecular weight excluding hydrogens is 1200 g/mol. The zero-order chi connectivity index (χ0) is 65.5. The van der Waals surface area contributed by atoms with E-state index in [-0.39, 0.29) is 23.7 Å². The molecule has 0 aliphatic heterocycles. The summed E-state index contributed by atoms with van der Waals surface area (Å²) in [5, 5.41) is 0. The summed E-state index contributed by atoms with van der Waals surface area (Å²) in [7, 11) is 0. The van der Waals surface area contributed by atoms with Gasteiger partial charge in [-0.25, -0.2) is 0 Å². The molecule has 66 rings (SSSR count). The molecule has 40 bridgehead atoms. The van der Waals surface area contributed by atoms with Crippen LogP contribution in [-0.2, 0) is 0 Å². The van der Waals surface area contributed by atoms with Crippen LogP contribution in [0, 0.1) is 0 Å². The Morgan fingerprint density at radius 1 is 0.0800 bits per heavy atom. The Bertz CT molecular complexity index is 5140. The van der Waals surface area contributed by atoms with Crippen LogP contribution in [0.15, 0.2) is 364 Å². The Hall–Kier alpha value is -12.5. The maximum atomic E-state index is 2.59. The molecule has 0 aromatic heterocycles. The van der Waals surface area contributed by atoms with Crippen LogP contribution in [0.1, 0.15) is 68.2 Å². The minimum Gasteiger partial charge on any atom is -0.0575 e. The molecule has 0 saturated heterocycles. The van der Waals surface area contributed by atoms with Gasteiger partial charge in [0.1, 0.15) is 0 Å². The summed E-state index contributed by atoms with van der Waals surface area (Å²) < 4.78 is 0. The van der Waals surface area contributed by atoms with E-state index < -0.39 is 0 Å². The summed E-state index contributed by atoms with van der Waals surface area (Å²) in [4.78, 5) is 0. The van der Waals surface area contributed by atoms with Crippen LogP contribution >= 0.6 is 0 Å². The van der Waals surface area contributed by atoms with Crippen molar-refractivity contribution in [3.8, 4) is 156 Å². The molecule has 4 unspecified atom stereocenters. The predicted octanol–water partition coefficient (Wildman–Crippen LogP) is 26.5. The lowest BCUT2D eigenvalue weighted by atomic mass is 9.52. The van der Waals surface area contributed by atoms with Crippen molar-refractivity contribution in [3.05, 3.63) is 408 Å². The lowest BCUT2D eigenvalue weighted by Crippen LogP contribution is -2.36. The molecular formula is C100H64. The molecule has 100 heavy (non-hydrogen) atoms. The third-order valence-electron chi connectivity index (χ3n) is 23.0. The van der Waals surface area contributed by atoms with Gasteiger partial charge in [-0.15, -0.1) is 0 Å². The number of rotatable bonds is 0. The molecule has 16 aromatic carbocycles. The van der Waals surface area contributed by atoms with Crippen molar-refractivity contribution < 1.29 is 0 Å². The van der Waals surface area contributed by atoms with Crippen LogP contribution in [0.2, 0.25) is 0 Å². The van der Waals surface area contributed by atoms with E-state index in [0.29, 0.717) is 0 Å². The molecule has 0 N–H and O–H groups in total. The van der Waals surface area contributed by atoms with Gasteiger partial charge in [-0.3, -0.25) is 0 Å².